The molecule has 1 aliphatic heterocycles. The van der Waals surface area contributed by atoms with Crippen molar-refractivity contribution in [3.63, 3.8) is 0 Å². The maximum absolute atomic E-state index is 12.0. The van der Waals surface area contributed by atoms with Gasteiger partial charge in [0, 0.05) is 26.2 Å². The zero-order chi connectivity index (χ0) is 14.2. The molecule has 1 aliphatic carbocycles. The summed E-state index contributed by atoms with van der Waals surface area (Å²) in [5, 5.41) is 3.02. The number of piperidine rings is 1. The van der Waals surface area contributed by atoms with Crippen molar-refractivity contribution in [2.24, 2.45) is 5.92 Å². The molecule has 2 amide bonds. The largest absolute Gasteiger partial charge is 0.378 e. The van der Waals surface area contributed by atoms with Crippen molar-refractivity contribution in [3.8, 4) is 0 Å². The highest BCUT2D eigenvalue weighted by Gasteiger charge is 2.20. The number of carbonyl (C=O) groups excluding carboxylic acids is 1. The number of ether oxygens (including phenoxy) is 1. The van der Waals surface area contributed by atoms with Crippen molar-refractivity contribution < 1.29 is 9.53 Å². The lowest BCUT2D eigenvalue weighted by Crippen LogP contribution is -2.45. The molecule has 116 valence electrons. The van der Waals surface area contributed by atoms with Crippen molar-refractivity contribution >= 4 is 6.03 Å². The molecule has 4 nitrogen and oxygen atoms in total. The number of rotatable bonds is 5. The molecule has 0 aromatic rings. The summed E-state index contributed by atoms with van der Waals surface area (Å²) in [6, 6.07) is 0.106. The molecule has 0 spiro atoms. The summed E-state index contributed by atoms with van der Waals surface area (Å²) >= 11 is 0. The Morgan fingerprint density at radius 1 is 1.20 bits per heavy atom. The van der Waals surface area contributed by atoms with Gasteiger partial charge >= 0.3 is 6.03 Å². The van der Waals surface area contributed by atoms with Crippen LogP contribution < -0.4 is 5.32 Å². The maximum Gasteiger partial charge on any atom is 0.317 e. The van der Waals surface area contributed by atoms with Crippen LogP contribution in [0.15, 0.2) is 0 Å². The Morgan fingerprint density at radius 3 is 2.75 bits per heavy atom. The van der Waals surface area contributed by atoms with Gasteiger partial charge in [-0.1, -0.05) is 26.2 Å². The second kappa shape index (κ2) is 8.50. The molecule has 1 N–H and O–H groups in total. The summed E-state index contributed by atoms with van der Waals surface area (Å²) < 4.78 is 5.86. The molecule has 0 aromatic carbocycles. The number of nitrogens with one attached hydrogen (secondary N) is 1. The van der Waals surface area contributed by atoms with Gasteiger partial charge in [0.25, 0.3) is 0 Å². The third-order valence-corrected chi connectivity index (χ3v) is 4.45. The van der Waals surface area contributed by atoms with E-state index in [0.29, 0.717) is 12.0 Å². The monoisotopic (exact) mass is 282 g/mol. The van der Waals surface area contributed by atoms with Gasteiger partial charge in [0.2, 0.25) is 0 Å². The van der Waals surface area contributed by atoms with Crippen molar-refractivity contribution in [2.45, 2.75) is 64.4 Å². The van der Waals surface area contributed by atoms with Crippen LogP contribution in [-0.2, 0) is 4.74 Å². The Labute approximate surface area is 123 Å². The first-order valence-electron chi connectivity index (χ1n) is 8.40. The minimum absolute atomic E-state index is 0.106. The van der Waals surface area contributed by atoms with Gasteiger partial charge in [0.15, 0.2) is 0 Å². The number of urea groups is 1. The van der Waals surface area contributed by atoms with Crippen molar-refractivity contribution in [1.29, 1.82) is 0 Å². The topological polar surface area (TPSA) is 41.6 Å². The third-order valence-electron chi connectivity index (χ3n) is 4.45. The number of nitrogens with zero attached hydrogens (tertiary/aromatic N) is 1. The highest BCUT2D eigenvalue weighted by Crippen LogP contribution is 2.20. The van der Waals surface area contributed by atoms with Crippen LogP contribution in [0.2, 0.25) is 0 Å². The lowest BCUT2D eigenvalue weighted by Gasteiger charge is -2.31. The van der Waals surface area contributed by atoms with Crippen LogP contribution in [0.3, 0.4) is 0 Å². The molecular formula is C16H30N2O2. The van der Waals surface area contributed by atoms with Gasteiger partial charge in [-0.2, -0.15) is 0 Å². The Bertz CT molecular complexity index is 290. The quantitative estimate of drug-likeness (QED) is 0.787. The molecule has 0 aromatic heterocycles. The number of hydrogen-bond donors (Lipinski definition) is 1. The first kappa shape index (κ1) is 15.6. The van der Waals surface area contributed by atoms with Crippen LogP contribution in [0.1, 0.15) is 58.3 Å². The SMILES string of the molecule is CC1CCCN(C(=O)NCCCOC2CCCCC2)C1. The molecule has 1 saturated carbocycles. The van der Waals surface area contributed by atoms with Crippen LogP contribution >= 0.6 is 0 Å². The van der Waals surface area contributed by atoms with Crippen LogP contribution in [0, 0.1) is 5.92 Å². The van der Waals surface area contributed by atoms with Crippen LogP contribution in [0.5, 0.6) is 0 Å². The second-order valence-corrected chi connectivity index (χ2v) is 6.41. The number of hydrogen-bond acceptors (Lipinski definition) is 2. The smallest absolute Gasteiger partial charge is 0.317 e. The minimum Gasteiger partial charge on any atom is -0.378 e. The van der Waals surface area contributed by atoms with Gasteiger partial charge in [-0.05, 0) is 38.0 Å². The van der Waals surface area contributed by atoms with Gasteiger partial charge in [0.05, 0.1) is 6.10 Å². The van der Waals surface area contributed by atoms with E-state index < -0.39 is 0 Å². The summed E-state index contributed by atoms with van der Waals surface area (Å²) in [5.74, 6) is 0.643. The van der Waals surface area contributed by atoms with E-state index in [-0.39, 0.29) is 6.03 Å². The molecule has 2 rings (SSSR count). The predicted octanol–water partition coefficient (Wildman–Crippen LogP) is 3.17. The fourth-order valence-electron chi connectivity index (χ4n) is 3.23. The van der Waals surface area contributed by atoms with Crippen molar-refractivity contribution in [3.05, 3.63) is 0 Å². The van der Waals surface area contributed by atoms with E-state index in [1.807, 2.05) is 4.90 Å². The molecule has 2 aliphatic rings. The second-order valence-electron chi connectivity index (χ2n) is 6.41. The Kier molecular flexibility index (Phi) is 6.64. The average Bonchev–Trinajstić information content (AvgIpc) is 2.48. The van der Waals surface area contributed by atoms with E-state index >= 15 is 0 Å². The molecule has 1 atom stereocenters. The lowest BCUT2D eigenvalue weighted by molar-refractivity contribution is 0.0274. The zero-order valence-corrected chi connectivity index (χ0v) is 12.9. The van der Waals surface area contributed by atoms with Crippen molar-refractivity contribution in [1.82, 2.24) is 10.2 Å². The predicted molar refractivity (Wildman–Crippen MR) is 80.8 cm³/mol. The van der Waals surface area contributed by atoms with Crippen LogP contribution in [-0.4, -0.2) is 43.3 Å². The van der Waals surface area contributed by atoms with Crippen LogP contribution in [0.4, 0.5) is 4.79 Å². The van der Waals surface area contributed by atoms with Gasteiger partial charge < -0.3 is 15.0 Å². The highest BCUT2D eigenvalue weighted by molar-refractivity contribution is 5.74. The van der Waals surface area contributed by atoms with E-state index in [0.717, 1.165) is 39.1 Å². The molecule has 1 heterocycles. The molecule has 1 saturated heterocycles. The minimum atomic E-state index is 0.106. The summed E-state index contributed by atoms with van der Waals surface area (Å²) in [5.41, 5.74) is 0. The fourth-order valence-corrected chi connectivity index (χ4v) is 3.23. The maximum atomic E-state index is 12.0. The number of carbonyl (C=O) groups is 1. The summed E-state index contributed by atoms with van der Waals surface area (Å²) in [6.45, 7) is 5.55. The van der Waals surface area contributed by atoms with E-state index in [4.69, 9.17) is 4.74 Å². The molecule has 2 fully saturated rings. The normalized spacial score (nSPS) is 24.6. The Morgan fingerprint density at radius 2 is 2.00 bits per heavy atom. The fraction of sp³-hybridized carbons (Fsp3) is 0.938. The van der Waals surface area contributed by atoms with E-state index in [2.05, 4.69) is 12.2 Å². The van der Waals surface area contributed by atoms with E-state index in [1.54, 1.807) is 0 Å². The highest BCUT2D eigenvalue weighted by atomic mass is 16.5. The van der Waals surface area contributed by atoms with Gasteiger partial charge in [-0.25, -0.2) is 4.79 Å². The molecule has 20 heavy (non-hydrogen) atoms. The summed E-state index contributed by atoms with van der Waals surface area (Å²) in [7, 11) is 0. The van der Waals surface area contributed by atoms with E-state index in [9.17, 15) is 4.79 Å². The van der Waals surface area contributed by atoms with Crippen molar-refractivity contribution in [2.75, 3.05) is 26.2 Å². The zero-order valence-electron chi connectivity index (χ0n) is 12.9. The first-order valence-corrected chi connectivity index (χ1v) is 8.40. The Balaban J connectivity index is 1.50. The third kappa shape index (κ3) is 5.31. The number of amides is 2. The van der Waals surface area contributed by atoms with Gasteiger partial charge in [-0.3, -0.25) is 0 Å². The molecule has 1 unspecified atom stereocenters. The first-order chi connectivity index (χ1) is 9.75. The number of likely N-dealkylation sites (tertiary alicyclic amines) is 1. The summed E-state index contributed by atoms with van der Waals surface area (Å²) in [6.07, 6.45) is 10.2. The van der Waals surface area contributed by atoms with E-state index in [1.165, 1.54) is 38.5 Å². The van der Waals surface area contributed by atoms with Gasteiger partial charge in [0.1, 0.15) is 0 Å². The average molecular weight is 282 g/mol. The van der Waals surface area contributed by atoms with Crippen LogP contribution in [0.25, 0.3) is 0 Å². The Hall–Kier alpha value is -0.770. The molecule has 0 radical (unpaired) electrons. The standard InChI is InChI=1S/C16H30N2O2/c1-14-7-5-11-18(13-14)16(19)17-10-6-12-20-15-8-3-2-4-9-15/h14-15H,2-13H2,1H3,(H,17,19). The van der Waals surface area contributed by atoms with Gasteiger partial charge in [-0.15, -0.1) is 0 Å². The molecular weight excluding hydrogens is 252 g/mol. The molecule has 0 bridgehead atoms. The summed E-state index contributed by atoms with van der Waals surface area (Å²) in [4.78, 5) is 13.9. The lowest BCUT2D eigenvalue weighted by atomic mass is 9.98. The molecule has 4 heteroatoms.